The van der Waals surface area contributed by atoms with Gasteiger partial charge in [0.1, 0.15) is 17.4 Å². The first-order valence-electron chi connectivity index (χ1n) is 8.92. The summed E-state index contributed by atoms with van der Waals surface area (Å²) in [5, 5.41) is 12.2. The van der Waals surface area contributed by atoms with Gasteiger partial charge in [0.05, 0.1) is 10.2 Å². The van der Waals surface area contributed by atoms with Gasteiger partial charge in [0.15, 0.2) is 6.61 Å². The fourth-order valence-electron chi connectivity index (χ4n) is 2.44. The van der Waals surface area contributed by atoms with Crippen LogP contribution in [0.4, 0.5) is 5.69 Å². The van der Waals surface area contributed by atoms with Crippen LogP contribution in [-0.2, 0) is 14.3 Å². The van der Waals surface area contributed by atoms with Gasteiger partial charge in [-0.05, 0) is 84.3 Å². The molecule has 0 atom stereocenters. The third-order valence-corrected chi connectivity index (χ3v) is 4.77. The number of carbonyl (C=O) groups is 2. The van der Waals surface area contributed by atoms with Gasteiger partial charge in [-0.3, -0.25) is 4.79 Å². The Morgan fingerprint density at radius 3 is 2.62 bits per heavy atom. The van der Waals surface area contributed by atoms with Gasteiger partial charge in [0.2, 0.25) is 0 Å². The van der Waals surface area contributed by atoms with E-state index in [1.807, 2.05) is 38.1 Å². The zero-order valence-electron chi connectivity index (χ0n) is 16.4. The van der Waals surface area contributed by atoms with Crippen molar-refractivity contribution >= 4 is 46.2 Å². The molecule has 7 heteroatoms. The first kappa shape index (κ1) is 22.4. The number of aryl methyl sites for hydroxylation is 2. The molecule has 0 aliphatic heterocycles. The van der Waals surface area contributed by atoms with Crippen molar-refractivity contribution in [3.63, 3.8) is 0 Å². The Morgan fingerprint density at radius 2 is 1.97 bits per heavy atom. The normalized spacial score (nSPS) is 10.8. The lowest BCUT2D eigenvalue weighted by Crippen LogP contribution is -2.15. The molecule has 0 saturated heterocycles. The molecule has 2 aromatic rings. The quantitative estimate of drug-likeness (QED) is 0.262. The number of benzene rings is 2. The second-order valence-corrected chi connectivity index (χ2v) is 7.39. The molecule has 6 nitrogen and oxygen atoms in total. The Bertz CT molecular complexity index is 993. The van der Waals surface area contributed by atoms with E-state index in [4.69, 9.17) is 9.47 Å². The number of halogens is 1. The Kier molecular flexibility index (Phi) is 8.21. The average Bonchev–Trinajstić information content (AvgIpc) is 2.68. The van der Waals surface area contributed by atoms with Crippen LogP contribution in [0.3, 0.4) is 0 Å². The lowest BCUT2D eigenvalue weighted by Gasteiger charge is -2.10. The highest BCUT2D eigenvalue weighted by Crippen LogP contribution is 2.24. The molecule has 0 fully saturated rings. The predicted molar refractivity (Wildman–Crippen MR) is 119 cm³/mol. The molecule has 0 spiro atoms. The van der Waals surface area contributed by atoms with Crippen LogP contribution in [0.25, 0.3) is 6.08 Å². The molecule has 0 saturated carbocycles. The SMILES string of the molecule is CCOC(=O)COc1ccc(/C=C(\C#N)C(=O)Nc2cc(C)ccc2C)cc1I. The Morgan fingerprint density at radius 1 is 1.21 bits per heavy atom. The second kappa shape index (κ2) is 10.6. The third-order valence-electron chi connectivity index (χ3n) is 3.92. The van der Waals surface area contributed by atoms with Crippen molar-refractivity contribution in [1.29, 1.82) is 5.26 Å². The maximum Gasteiger partial charge on any atom is 0.344 e. The summed E-state index contributed by atoms with van der Waals surface area (Å²) >= 11 is 2.07. The highest BCUT2D eigenvalue weighted by molar-refractivity contribution is 14.1. The fraction of sp³-hybridized carbons (Fsp3) is 0.227. The fourth-order valence-corrected chi connectivity index (χ4v) is 3.13. The van der Waals surface area contributed by atoms with E-state index in [1.165, 1.54) is 6.08 Å². The van der Waals surface area contributed by atoms with Gasteiger partial charge in [-0.25, -0.2) is 4.79 Å². The Labute approximate surface area is 183 Å². The zero-order valence-corrected chi connectivity index (χ0v) is 18.6. The molecule has 2 aromatic carbocycles. The molecule has 0 aromatic heterocycles. The largest absolute Gasteiger partial charge is 0.481 e. The molecule has 0 radical (unpaired) electrons. The van der Waals surface area contributed by atoms with Crippen molar-refractivity contribution in [3.8, 4) is 11.8 Å². The molecule has 0 unspecified atom stereocenters. The van der Waals surface area contributed by atoms with Crippen molar-refractivity contribution in [2.24, 2.45) is 0 Å². The van der Waals surface area contributed by atoms with Crippen molar-refractivity contribution in [3.05, 3.63) is 62.2 Å². The molecule has 0 aliphatic rings. The molecule has 1 N–H and O–H groups in total. The topological polar surface area (TPSA) is 88.4 Å². The van der Waals surface area contributed by atoms with E-state index in [2.05, 4.69) is 27.9 Å². The smallest absolute Gasteiger partial charge is 0.344 e. The van der Waals surface area contributed by atoms with Crippen molar-refractivity contribution in [2.75, 3.05) is 18.5 Å². The number of nitrogens with zero attached hydrogens (tertiary/aromatic N) is 1. The third kappa shape index (κ3) is 6.61. The van der Waals surface area contributed by atoms with Gasteiger partial charge in [-0.2, -0.15) is 5.26 Å². The summed E-state index contributed by atoms with van der Waals surface area (Å²) in [6.45, 7) is 5.67. The zero-order chi connectivity index (χ0) is 21.4. The van der Waals surface area contributed by atoms with Crippen molar-refractivity contribution in [2.45, 2.75) is 20.8 Å². The minimum absolute atomic E-state index is 0.0121. The standard InChI is InChI=1S/C22H21IN2O4/c1-4-28-21(26)13-29-20-8-7-16(11-18(20)23)10-17(12-24)22(27)25-19-9-14(2)5-6-15(19)3/h5-11H,4,13H2,1-3H3,(H,25,27)/b17-10+. The first-order valence-corrected chi connectivity index (χ1v) is 10.00. The first-order chi connectivity index (χ1) is 13.8. The lowest BCUT2D eigenvalue weighted by atomic mass is 10.1. The maximum absolute atomic E-state index is 12.5. The Balaban J connectivity index is 2.14. The van der Waals surface area contributed by atoms with Crippen molar-refractivity contribution in [1.82, 2.24) is 0 Å². The number of rotatable bonds is 7. The van der Waals surface area contributed by atoms with Crippen LogP contribution >= 0.6 is 22.6 Å². The summed E-state index contributed by atoms with van der Waals surface area (Å²) in [4.78, 5) is 23.9. The van der Waals surface area contributed by atoms with Crippen LogP contribution in [0.15, 0.2) is 42.0 Å². The van der Waals surface area contributed by atoms with Crippen LogP contribution < -0.4 is 10.1 Å². The van der Waals surface area contributed by atoms with Gasteiger partial charge < -0.3 is 14.8 Å². The van der Waals surface area contributed by atoms with Crippen LogP contribution in [0, 0.1) is 28.7 Å². The van der Waals surface area contributed by atoms with Crippen molar-refractivity contribution < 1.29 is 19.1 Å². The number of nitriles is 1. The van der Waals surface area contributed by atoms with Gasteiger partial charge >= 0.3 is 5.97 Å². The second-order valence-electron chi connectivity index (χ2n) is 6.23. The van der Waals surface area contributed by atoms with Gasteiger partial charge in [0.25, 0.3) is 5.91 Å². The highest BCUT2D eigenvalue weighted by atomic mass is 127. The Hall–Kier alpha value is -2.86. The van der Waals surface area contributed by atoms with Crippen LogP contribution in [0.5, 0.6) is 5.75 Å². The van der Waals surface area contributed by atoms with Gasteiger partial charge in [-0.1, -0.05) is 18.2 Å². The highest BCUT2D eigenvalue weighted by Gasteiger charge is 2.12. The molecule has 2 rings (SSSR count). The summed E-state index contributed by atoms with van der Waals surface area (Å²) in [7, 11) is 0. The summed E-state index contributed by atoms with van der Waals surface area (Å²) < 4.78 is 11.0. The maximum atomic E-state index is 12.5. The van der Waals surface area contributed by atoms with E-state index in [-0.39, 0.29) is 12.2 Å². The number of carbonyl (C=O) groups excluding carboxylic acids is 2. The average molecular weight is 504 g/mol. The summed E-state index contributed by atoms with van der Waals surface area (Å²) in [6.07, 6.45) is 1.51. The number of nitrogens with one attached hydrogen (secondary N) is 1. The van der Waals surface area contributed by atoms with E-state index in [1.54, 1.807) is 25.1 Å². The number of amides is 1. The summed E-state index contributed by atoms with van der Waals surface area (Å²) in [6, 6.07) is 12.8. The number of hydrogen-bond acceptors (Lipinski definition) is 5. The summed E-state index contributed by atoms with van der Waals surface area (Å²) in [5.74, 6) is -0.393. The van der Waals surface area contributed by atoms with E-state index >= 15 is 0 Å². The van der Waals surface area contributed by atoms with Gasteiger partial charge in [0, 0.05) is 5.69 Å². The molecule has 0 heterocycles. The van der Waals surface area contributed by atoms with E-state index in [9.17, 15) is 14.9 Å². The van der Waals surface area contributed by atoms with E-state index in [0.717, 1.165) is 14.7 Å². The summed E-state index contributed by atoms with van der Waals surface area (Å²) in [5.41, 5.74) is 3.26. The molecule has 29 heavy (non-hydrogen) atoms. The molecular weight excluding hydrogens is 483 g/mol. The number of hydrogen-bond donors (Lipinski definition) is 1. The minimum Gasteiger partial charge on any atom is -0.481 e. The van der Waals surface area contributed by atoms with Gasteiger partial charge in [-0.15, -0.1) is 0 Å². The monoisotopic (exact) mass is 504 g/mol. The van der Waals surface area contributed by atoms with Crippen LogP contribution in [0.2, 0.25) is 0 Å². The van der Waals surface area contributed by atoms with E-state index in [0.29, 0.717) is 23.6 Å². The van der Waals surface area contributed by atoms with E-state index < -0.39 is 11.9 Å². The molecule has 1 amide bonds. The number of ether oxygens (including phenoxy) is 2. The number of anilines is 1. The number of esters is 1. The molecular formula is C22H21IN2O4. The predicted octanol–water partition coefficient (Wildman–Crippen LogP) is 4.40. The molecule has 0 aliphatic carbocycles. The minimum atomic E-state index is -0.473. The lowest BCUT2D eigenvalue weighted by molar-refractivity contribution is -0.145. The molecule has 150 valence electrons. The van der Waals surface area contributed by atoms with Crippen LogP contribution in [-0.4, -0.2) is 25.1 Å². The molecule has 0 bridgehead atoms. The van der Waals surface area contributed by atoms with Crippen LogP contribution in [0.1, 0.15) is 23.6 Å².